The van der Waals surface area contributed by atoms with E-state index in [-0.39, 0.29) is 5.75 Å². The highest BCUT2D eigenvalue weighted by Gasteiger charge is 2.10. The molecule has 0 amide bonds. The Hall–Kier alpha value is -2.07. The Bertz CT molecular complexity index is 644. The zero-order chi connectivity index (χ0) is 15.4. The van der Waals surface area contributed by atoms with E-state index in [4.69, 9.17) is 21.1 Å². The molecule has 0 spiro atoms. The Morgan fingerprint density at radius 2 is 1.76 bits per heavy atom. The molecular weight excluding hydrogens is 290 g/mol. The summed E-state index contributed by atoms with van der Waals surface area (Å²) in [7, 11) is 3.13. The second-order valence-corrected chi connectivity index (χ2v) is 5.08. The van der Waals surface area contributed by atoms with E-state index in [0.29, 0.717) is 23.1 Å². The highest BCUT2D eigenvalue weighted by molar-refractivity contribution is 6.33. The van der Waals surface area contributed by atoms with Crippen LogP contribution >= 0.6 is 11.6 Å². The molecule has 5 heteroatoms. The summed E-state index contributed by atoms with van der Waals surface area (Å²) >= 11 is 6.21. The predicted molar refractivity (Wildman–Crippen MR) is 84.7 cm³/mol. The van der Waals surface area contributed by atoms with Gasteiger partial charge in [0.15, 0.2) is 11.5 Å². The molecule has 2 aromatic carbocycles. The number of aromatic hydroxyl groups is 1. The number of rotatable bonds is 5. The maximum atomic E-state index is 9.85. The van der Waals surface area contributed by atoms with Crippen LogP contribution in [0.5, 0.6) is 17.2 Å². The fraction of sp³-hybridized carbons (Fsp3) is 0.250. The molecule has 0 heterocycles. The van der Waals surface area contributed by atoms with Crippen LogP contribution in [-0.4, -0.2) is 19.3 Å². The zero-order valence-electron chi connectivity index (χ0n) is 12.2. The van der Waals surface area contributed by atoms with Crippen LogP contribution in [0.4, 0.5) is 5.69 Å². The number of halogens is 1. The van der Waals surface area contributed by atoms with Crippen LogP contribution in [0.25, 0.3) is 0 Å². The van der Waals surface area contributed by atoms with Crippen LogP contribution in [0.2, 0.25) is 5.02 Å². The summed E-state index contributed by atoms with van der Waals surface area (Å²) in [4.78, 5) is 0. The summed E-state index contributed by atoms with van der Waals surface area (Å²) in [6.07, 6.45) is 0. The van der Waals surface area contributed by atoms with Gasteiger partial charge in [-0.25, -0.2) is 0 Å². The largest absolute Gasteiger partial charge is 0.508 e. The number of benzene rings is 2. The molecule has 0 unspecified atom stereocenters. The van der Waals surface area contributed by atoms with Gasteiger partial charge in [0.2, 0.25) is 0 Å². The lowest BCUT2D eigenvalue weighted by Crippen LogP contribution is -2.02. The normalized spacial score (nSPS) is 10.3. The predicted octanol–water partition coefficient (Wildman–Crippen LogP) is 3.98. The van der Waals surface area contributed by atoms with Gasteiger partial charge in [-0.1, -0.05) is 29.3 Å². The van der Waals surface area contributed by atoms with E-state index < -0.39 is 0 Å². The van der Waals surface area contributed by atoms with Crippen molar-refractivity contribution in [2.75, 3.05) is 19.5 Å². The third-order valence-corrected chi connectivity index (χ3v) is 3.49. The third kappa shape index (κ3) is 3.52. The minimum atomic E-state index is 0.254. The summed E-state index contributed by atoms with van der Waals surface area (Å²) in [6.45, 7) is 2.44. The van der Waals surface area contributed by atoms with Crippen LogP contribution in [0.15, 0.2) is 30.3 Å². The Morgan fingerprint density at radius 1 is 1.10 bits per heavy atom. The van der Waals surface area contributed by atoms with E-state index in [1.165, 1.54) is 0 Å². The number of aryl methyl sites for hydroxylation is 1. The number of phenolic OH excluding ortho intramolecular Hbond substituents is 1. The Balaban J connectivity index is 2.21. The lowest BCUT2D eigenvalue weighted by Gasteiger charge is -2.14. The van der Waals surface area contributed by atoms with Crippen molar-refractivity contribution in [2.45, 2.75) is 13.5 Å². The minimum absolute atomic E-state index is 0.254. The van der Waals surface area contributed by atoms with Gasteiger partial charge in [-0.15, -0.1) is 0 Å². The number of phenols is 1. The lowest BCUT2D eigenvalue weighted by atomic mass is 10.1. The molecule has 4 nitrogen and oxygen atoms in total. The van der Waals surface area contributed by atoms with E-state index in [1.807, 2.05) is 19.1 Å². The van der Waals surface area contributed by atoms with Gasteiger partial charge in [0.05, 0.1) is 24.9 Å². The number of ether oxygens (including phenoxy) is 2. The molecule has 0 saturated carbocycles. The van der Waals surface area contributed by atoms with E-state index in [1.54, 1.807) is 32.4 Å². The molecule has 2 aromatic rings. The Morgan fingerprint density at radius 3 is 2.43 bits per heavy atom. The van der Waals surface area contributed by atoms with Crippen LogP contribution < -0.4 is 14.8 Å². The van der Waals surface area contributed by atoms with Crippen LogP contribution in [0.3, 0.4) is 0 Å². The number of hydrogen-bond donors (Lipinski definition) is 2. The number of nitrogens with one attached hydrogen (secondary N) is 1. The van der Waals surface area contributed by atoms with Crippen molar-refractivity contribution in [1.82, 2.24) is 0 Å². The standard InChI is InChI=1S/C16H18ClNO3/c1-10-4-5-14(19)11(6-10)9-18-13-8-16(21-3)15(20-2)7-12(13)17/h4-8,18-19H,9H2,1-3H3. The Kier molecular flexibility index (Phi) is 4.81. The average Bonchev–Trinajstić information content (AvgIpc) is 2.48. The molecule has 21 heavy (non-hydrogen) atoms. The first-order chi connectivity index (χ1) is 10.0. The summed E-state index contributed by atoms with van der Waals surface area (Å²) in [5.74, 6) is 1.43. The van der Waals surface area contributed by atoms with Crippen LogP contribution in [0, 0.1) is 6.92 Å². The lowest BCUT2D eigenvalue weighted by molar-refractivity contribution is 0.355. The molecule has 0 aromatic heterocycles. The van der Waals surface area contributed by atoms with Gasteiger partial charge in [-0.05, 0) is 13.0 Å². The van der Waals surface area contributed by atoms with Gasteiger partial charge >= 0.3 is 0 Å². The van der Waals surface area contributed by atoms with E-state index in [2.05, 4.69) is 5.32 Å². The molecule has 0 bridgehead atoms. The summed E-state index contributed by atoms with van der Waals surface area (Å²) in [6, 6.07) is 8.94. The van der Waals surface area contributed by atoms with E-state index in [0.717, 1.165) is 16.8 Å². The molecule has 112 valence electrons. The van der Waals surface area contributed by atoms with Crippen molar-refractivity contribution < 1.29 is 14.6 Å². The van der Waals surface area contributed by atoms with Crippen molar-refractivity contribution in [3.05, 3.63) is 46.5 Å². The molecule has 0 aliphatic carbocycles. The molecule has 0 radical (unpaired) electrons. The van der Waals surface area contributed by atoms with Crippen LogP contribution in [0.1, 0.15) is 11.1 Å². The molecule has 0 saturated heterocycles. The first kappa shape index (κ1) is 15.3. The van der Waals surface area contributed by atoms with Gasteiger partial charge < -0.3 is 19.9 Å². The topological polar surface area (TPSA) is 50.7 Å². The minimum Gasteiger partial charge on any atom is -0.508 e. The zero-order valence-corrected chi connectivity index (χ0v) is 13.0. The first-order valence-electron chi connectivity index (χ1n) is 6.49. The SMILES string of the molecule is COc1cc(Cl)c(NCc2cc(C)ccc2O)cc1OC. The van der Waals surface area contributed by atoms with E-state index in [9.17, 15) is 5.11 Å². The molecular formula is C16H18ClNO3. The number of hydrogen-bond acceptors (Lipinski definition) is 4. The summed E-state index contributed by atoms with van der Waals surface area (Å²) < 4.78 is 10.4. The highest BCUT2D eigenvalue weighted by Crippen LogP contribution is 2.36. The van der Waals surface area contributed by atoms with Crippen molar-refractivity contribution >= 4 is 17.3 Å². The number of methoxy groups -OCH3 is 2. The maximum Gasteiger partial charge on any atom is 0.162 e. The second-order valence-electron chi connectivity index (χ2n) is 4.67. The number of anilines is 1. The molecule has 0 atom stereocenters. The quantitative estimate of drug-likeness (QED) is 0.877. The molecule has 0 aliphatic rings. The molecule has 2 rings (SSSR count). The fourth-order valence-corrected chi connectivity index (χ4v) is 2.26. The van der Waals surface area contributed by atoms with Crippen molar-refractivity contribution in [2.24, 2.45) is 0 Å². The maximum absolute atomic E-state index is 9.85. The summed E-state index contributed by atoms with van der Waals surface area (Å²) in [5.41, 5.74) is 2.61. The molecule has 2 N–H and O–H groups in total. The van der Waals surface area contributed by atoms with Gasteiger partial charge in [0.1, 0.15) is 5.75 Å². The second kappa shape index (κ2) is 6.59. The van der Waals surface area contributed by atoms with Gasteiger partial charge in [-0.3, -0.25) is 0 Å². The fourth-order valence-electron chi connectivity index (χ4n) is 2.04. The average molecular weight is 308 g/mol. The molecule has 0 fully saturated rings. The monoisotopic (exact) mass is 307 g/mol. The van der Waals surface area contributed by atoms with Gasteiger partial charge in [-0.2, -0.15) is 0 Å². The van der Waals surface area contributed by atoms with Crippen molar-refractivity contribution in [3.8, 4) is 17.2 Å². The molecule has 0 aliphatic heterocycles. The van der Waals surface area contributed by atoms with Crippen molar-refractivity contribution in [1.29, 1.82) is 0 Å². The third-order valence-electron chi connectivity index (χ3n) is 3.18. The van der Waals surface area contributed by atoms with Gasteiger partial charge in [0, 0.05) is 24.2 Å². The van der Waals surface area contributed by atoms with Crippen LogP contribution in [-0.2, 0) is 6.54 Å². The Labute approximate surface area is 129 Å². The van der Waals surface area contributed by atoms with Crippen molar-refractivity contribution in [3.63, 3.8) is 0 Å². The summed E-state index contributed by atoms with van der Waals surface area (Å²) in [5, 5.41) is 13.6. The first-order valence-corrected chi connectivity index (χ1v) is 6.87. The highest BCUT2D eigenvalue weighted by atomic mass is 35.5. The smallest absolute Gasteiger partial charge is 0.162 e. The van der Waals surface area contributed by atoms with Gasteiger partial charge in [0.25, 0.3) is 0 Å². The van der Waals surface area contributed by atoms with E-state index >= 15 is 0 Å².